The summed E-state index contributed by atoms with van der Waals surface area (Å²) in [5.41, 5.74) is 1.86. The molecule has 2 rings (SSSR count). The number of nitrogens with one attached hydrogen (secondary N) is 1. The molecule has 0 aliphatic rings. The summed E-state index contributed by atoms with van der Waals surface area (Å²) in [6.07, 6.45) is 0. The summed E-state index contributed by atoms with van der Waals surface area (Å²) in [5.74, 6) is 0.628. The normalized spacial score (nSPS) is 10.4. The van der Waals surface area contributed by atoms with Crippen LogP contribution < -0.4 is 14.8 Å². The standard InChI is InChI=1S/C21H25NO5/c1-14(2)12-26-17-8-6-16(7-9-17)21(24)27-13-20(23)22-18-11-15(3)5-10-19(18)25-4/h5-11,14H,12-13H2,1-4H3,(H,22,23). The quantitative estimate of drug-likeness (QED) is 0.714. The molecular weight excluding hydrogens is 346 g/mol. The SMILES string of the molecule is COc1ccc(C)cc1NC(=O)COC(=O)c1ccc(OCC(C)C)cc1. The maximum absolute atomic E-state index is 12.1. The lowest BCUT2D eigenvalue weighted by molar-refractivity contribution is -0.119. The van der Waals surface area contributed by atoms with Crippen LogP contribution in [0.15, 0.2) is 42.5 Å². The van der Waals surface area contributed by atoms with Crippen molar-refractivity contribution in [3.05, 3.63) is 53.6 Å². The van der Waals surface area contributed by atoms with E-state index < -0.39 is 11.9 Å². The number of methoxy groups -OCH3 is 1. The molecule has 1 amide bonds. The average Bonchev–Trinajstić information content (AvgIpc) is 2.65. The second-order valence-corrected chi connectivity index (χ2v) is 6.56. The van der Waals surface area contributed by atoms with E-state index in [-0.39, 0.29) is 6.61 Å². The fourth-order valence-corrected chi connectivity index (χ4v) is 2.27. The van der Waals surface area contributed by atoms with Crippen LogP contribution in [-0.4, -0.2) is 32.2 Å². The number of esters is 1. The fourth-order valence-electron chi connectivity index (χ4n) is 2.27. The van der Waals surface area contributed by atoms with Crippen LogP contribution in [0, 0.1) is 12.8 Å². The molecule has 0 unspecified atom stereocenters. The molecule has 6 heteroatoms. The third-order valence-electron chi connectivity index (χ3n) is 3.64. The zero-order valence-corrected chi connectivity index (χ0v) is 16.1. The van der Waals surface area contributed by atoms with Crippen molar-refractivity contribution in [2.75, 3.05) is 25.6 Å². The number of carbonyl (C=O) groups is 2. The molecule has 0 radical (unpaired) electrons. The summed E-state index contributed by atoms with van der Waals surface area (Å²) in [5, 5.41) is 2.68. The van der Waals surface area contributed by atoms with Crippen molar-refractivity contribution in [3.8, 4) is 11.5 Å². The van der Waals surface area contributed by atoms with Gasteiger partial charge in [0.25, 0.3) is 5.91 Å². The van der Waals surface area contributed by atoms with Crippen LogP contribution in [0.5, 0.6) is 11.5 Å². The molecule has 0 heterocycles. The number of benzene rings is 2. The van der Waals surface area contributed by atoms with Crippen molar-refractivity contribution >= 4 is 17.6 Å². The van der Waals surface area contributed by atoms with Crippen LogP contribution in [0.1, 0.15) is 29.8 Å². The molecule has 0 aliphatic carbocycles. The summed E-state index contributed by atoms with van der Waals surface area (Å²) in [7, 11) is 1.52. The van der Waals surface area contributed by atoms with Gasteiger partial charge < -0.3 is 19.5 Å². The van der Waals surface area contributed by atoms with Gasteiger partial charge in [-0.3, -0.25) is 4.79 Å². The van der Waals surface area contributed by atoms with Gasteiger partial charge in [0.05, 0.1) is 25.0 Å². The topological polar surface area (TPSA) is 73.9 Å². The monoisotopic (exact) mass is 371 g/mol. The Morgan fingerprint density at radius 3 is 2.41 bits per heavy atom. The summed E-state index contributed by atoms with van der Waals surface area (Å²) in [6.45, 7) is 6.24. The van der Waals surface area contributed by atoms with Crippen LogP contribution in [0.4, 0.5) is 5.69 Å². The molecule has 144 valence electrons. The van der Waals surface area contributed by atoms with E-state index in [1.54, 1.807) is 36.4 Å². The van der Waals surface area contributed by atoms with Crippen molar-refractivity contribution in [1.29, 1.82) is 0 Å². The minimum absolute atomic E-state index is 0.354. The van der Waals surface area contributed by atoms with E-state index in [0.717, 1.165) is 5.56 Å². The van der Waals surface area contributed by atoms with Crippen molar-refractivity contribution in [2.24, 2.45) is 5.92 Å². The zero-order valence-electron chi connectivity index (χ0n) is 16.1. The molecule has 0 saturated heterocycles. The first-order valence-electron chi connectivity index (χ1n) is 8.73. The van der Waals surface area contributed by atoms with Crippen LogP contribution in [0.2, 0.25) is 0 Å². The number of aryl methyl sites for hydroxylation is 1. The molecule has 0 bridgehead atoms. The average molecular weight is 371 g/mol. The number of carbonyl (C=O) groups excluding carboxylic acids is 2. The van der Waals surface area contributed by atoms with E-state index in [0.29, 0.717) is 35.3 Å². The Morgan fingerprint density at radius 1 is 1.07 bits per heavy atom. The number of rotatable bonds is 8. The maximum atomic E-state index is 12.1. The molecule has 2 aromatic rings. The summed E-state index contributed by atoms with van der Waals surface area (Å²) in [4.78, 5) is 24.2. The Labute approximate surface area is 159 Å². The predicted molar refractivity (Wildman–Crippen MR) is 103 cm³/mol. The van der Waals surface area contributed by atoms with E-state index in [1.807, 2.05) is 13.0 Å². The van der Waals surface area contributed by atoms with Gasteiger partial charge in [0.2, 0.25) is 0 Å². The van der Waals surface area contributed by atoms with Gasteiger partial charge in [-0.15, -0.1) is 0 Å². The molecule has 0 spiro atoms. The smallest absolute Gasteiger partial charge is 0.338 e. The minimum atomic E-state index is -0.572. The Hall–Kier alpha value is -3.02. The number of hydrogen-bond donors (Lipinski definition) is 1. The van der Waals surface area contributed by atoms with Gasteiger partial charge in [-0.05, 0) is 54.8 Å². The first-order chi connectivity index (χ1) is 12.9. The molecule has 0 aromatic heterocycles. The van der Waals surface area contributed by atoms with Crippen molar-refractivity contribution < 1.29 is 23.8 Å². The predicted octanol–water partition coefficient (Wildman–Crippen LogP) is 3.83. The molecule has 0 saturated carbocycles. The zero-order chi connectivity index (χ0) is 19.8. The van der Waals surface area contributed by atoms with Crippen LogP contribution in [0.3, 0.4) is 0 Å². The van der Waals surface area contributed by atoms with Crippen LogP contribution >= 0.6 is 0 Å². The largest absolute Gasteiger partial charge is 0.495 e. The molecule has 27 heavy (non-hydrogen) atoms. The number of ether oxygens (including phenoxy) is 3. The van der Waals surface area contributed by atoms with Gasteiger partial charge in [0.1, 0.15) is 11.5 Å². The fraction of sp³-hybridized carbons (Fsp3) is 0.333. The first-order valence-corrected chi connectivity index (χ1v) is 8.73. The third kappa shape index (κ3) is 6.33. The Morgan fingerprint density at radius 2 is 1.78 bits per heavy atom. The first kappa shape index (κ1) is 20.3. The lowest BCUT2D eigenvalue weighted by Crippen LogP contribution is -2.21. The number of amides is 1. The summed E-state index contributed by atoms with van der Waals surface area (Å²) < 4.78 is 15.8. The van der Waals surface area contributed by atoms with Gasteiger partial charge in [-0.1, -0.05) is 19.9 Å². The molecule has 0 aliphatic heterocycles. The molecule has 0 fully saturated rings. The lowest BCUT2D eigenvalue weighted by Gasteiger charge is -2.11. The van der Waals surface area contributed by atoms with Crippen LogP contribution in [-0.2, 0) is 9.53 Å². The highest BCUT2D eigenvalue weighted by atomic mass is 16.5. The van der Waals surface area contributed by atoms with Gasteiger partial charge in [-0.2, -0.15) is 0 Å². The van der Waals surface area contributed by atoms with Gasteiger partial charge in [-0.25, -0.2) is 4.79 Å². The Kier molecular flexibility index (Phi) is 7.23. The highest BCUT2D eigenvalue weighted by Gasteiger charge is 2.12. The second-order valence-electron chi connectivity index (χ2n) is 6.56. The summed E-state index contributed by atoms with van der Waals surface area (Å²) >= 11 is 0. The molecule has 1 N–H and O–H groups in total. The molecular formula is C21H25NO5. The van der Waals surface area contributed by atoms with Gasteiger partial charge in [0.15, 0.2) is 6.61 Å². The third-order valence-corrected chi connectivity index (χ3v) is 3.64. The number of hydrogen-bond acceptors (Lipinski definition) is 5. The van der Waals surface area contributed by atoms with Gasteiger partial charge >= 0.3 is 5.97 Å². The highest BCUT2D eigenvalue weighted by molar-refractivity contribution is 5.96. The Balaban J connectivity index is 1.88. The lowest BCUT2D eigenvalue weighted by atomic mass is 10.2. The van der Waals surface area contributed by atoms with E-state index in [1.165, 1.54) is 7.11 Å². The maximum Gasteiger partial charge on any atom is 0.338 e. The van der Waals surface area contributed by atoms with E-state index in [4.69, 9.17) is 14.2 Å². The summed E-state index contributed by atoms with van der Waals surface area (Å²) in [6, 6.07) is 12.1. The van der Waals surface area contributed by atoms with Gasteiger partial charge in [0, 0.05) is 0 Å². The number of anilines is 1. The Bertz CT molecular complexity index is 784. The van der Waals surface area contributed by atoms with E-state index >= 15 is 0 Å². The van der Waals surface area contributed by atoms with Crippen molar-refractivity contribution in [1.82, 2.24) is 0 Å². The van der Waals surface area contributed by atoms with Crippen molar-refractivity contribution in [3.63, 3.8) is 0 Å². The molecule has 6 nitrogen and oxygen atoms in total. The van der Waals surface area contributed by atoms with Crippen molar-refractivity contribution in [2.45, 2.75) is 20.8 Å². The molecule has 2 aromatic carbocycles. The van der Waals surface area contributed by atoms with E-state index in [9.17, 15) is 9.59 Å². The minimum Gasteiger partial charge on any atom is -0.495 e. The van der Waals surface area contributed by atoms with Crippen LogP contribution in [0.25, 0.3) is 0 Å². The van der Waals surface area contributed by atoms with E-state index in [2.05, 4.69) is 19.2 Å². The molecule has 0 atom stereocenters. The second kappa shape index (κ2) is 9.62. The highest BCUT2D eigenvalue weighted by Crippen LogP contribution is 2.25.